The standard InChI is InChI=1S/C22H27FN4O2/c1-29-20-5-3-2-4-18(20)22(28)24-17-10-12-27(13-11-17)21-14-19(25-26-21)15-6-8-16(23)9-7-15/h2-9,17,19,21,25-26H,10-14H2,1H3,(H,24,28). The highest BCUT2D eigenvalue weighted by Gasteiger charge is 2.32. The lowest BCUT2D eigenvalue weighted by Crippen LogP contribution is -2.51. The number of amides is 1. The zero-order chi connectivity index (χ0) is 20.2. The van der Waals surface area contributed by atoms with Gasteiger partial charge >= 0.3 is 0 Å². The number of rotatable bonds is 5. The van der Waals surface area contributed by atoms with Crippen LogP contribution in [0.15, 0.2) is 48.5 Å². The van der Waals surface area contributed by atoms with Crippen molar-refractivity contribution in [2.75, 3.05) is 20.2 Å². The third kappa shape index (κ3) is 4.58. The Balaban J connectivity index is 1.27. The fraction of sp³-hybridized carbons (Fsp3) is 0.409. The van der Waals surface area contributed by atoms with Crippen molar-refractivity contribution in [2.24, 2.45) is 0 Å². The van der Waals surface area contributed by atoms with E-state index in [0.717, 1.165) is 37.9 Å². The Labute approximate surface area is 170 Å². The molecule has 2 aromatic carbocycles. The Morgan fingerprint density at radius 3 is 2.55 bits per heavy atom. The maximum absolute atomic E-state index is 13.1. The number of carbonyl (C=O) groups is 1. The first kappa shape index (κ1) is 19.8. The molecule has 2 fully saturated rings. The molecule has 1 amide bonds. The monoisotopic (exact) mass is 398 g/mol. The number of para-hydroxylation sites is 1. The average molecular weight is 398 g/mol. The van der Waals surface area contributed by atoms with Crippen molar-refractivity contribution in [3.05, 3.63) is 65.5 Å². The number of hydrogen-bond donors (Lipinski definition) is 3. The summed E-state index contributed by atoms with van der Waals surface area (Å²) in [5.74, 6) is 0.293. The van der Waals surface area contributed by atoms with Gasteiger partial charge in [0.2, 0.25) is 0 Å². The first-order valence-corrected chi connectivity index (χ1v) is 10.1. The molecule has 154 valence electrons. The van der Waals surface area contributed by atoms with Crippen LogP contribution < -0.4 is 20.9 Å². The van der Waals surface area contributed by atoms with Crippen LogP contribution in [0.1, 0.15) is 41.2 Å². The average Bonchev–Trinajstić information content (AvgIpc) is 3.25. The molecular formula is C22H27FN4O2. The van der Waals surface area contributed by atoms with Gasteiger partial charge in [-0.25, -0.2) is 15.2 Å². The number of nitrogens with one attached hydrogen (secondary N) is 3. The SMILES string of the molecule is COc1ccccc1C(=O)NC1CCN(C2CC(c3ccc(F)cc3)NN2)CC1. The summed E-state index contributed by atoms with van der Waals surface area (Å²) in [6, 6.07) is 14.3. The largest absolute Gasteiger partial charge is 0.496 e. The van der Waals surface area contributed by atoms with E-state index in [-0.39, 0.29) is 30.0 Å². The molecule has 0 saturated carbocycles. The molecule has 0 aromatic heterocycles. The van der Waals surface area contributed by atoms with Crippen molar-refractivity contribution >= 4 is 5.91 Å². The van der Waals surface area contributed by atoms with Crippen molar-refractivity contribution in [3.63, 3.8) is 0 Å². The second-order valence-corrected chi connectivity index (χ2v) is 7.63. The normalized spacial score (nSPS) is 23.1. The molecule has 6 nitrogen and oxygen atoms in total. The van der Waals surface area contributed by atoms with Crippen LogP contribution in [0.2, 0.25) is 0 Å². The molecule has 2 unspecified atom stereocenters. The molecule has 2 atom stereocenters. The predicted octanol–water partition coefficient (Wildman–Crippen LogP) is 2.59. The summed E-state index contributed by atoms with van der Waals surface area (Å²) >= 11 is 0. The van der Waals surface area contributed by atoms with Crippen molar-refractivity contribution < 1.29 is 13.9 Å². The number of methoxy groups -OCH3 is 1. The maximum atomic E-state index is 13.1. The van der Waals surface area contributed by atoms with E-state index >= 15 is 0 Å². The van der Waals surface area contributed by atoms with Gasteiger partial charge in [-0.05, 0) is 49.1 Å². The highest BCUT2D eigenvalue weighted by molar-refractivity contribution is 5.97. The zero-order valence-corrected chi connectivity index (χ0v) is 16.5. The van der Waals surface area contributed by atoms with E-state index in [1.165, 1.54) is 12.1 Å². The number of piperidine rings is 1. The Morgan fingerprint density at radius 1 is 1.10 bits per heavy atom. The van der Waals surface area contributed by atoms with E-state index in [9.17, 15) is 9.18 Å². The minimum absolute atomic E-state index is 0.0852. The Kier molecular flexibility index (Phi) is 6.08. The van der Waals surface area contributed by atoms with Crippen LogP contribution in [0.25, 0.3) is 0 Å². The molecule has 3 N–H and O–H groups in total. The molecule has 0 aliphatic carbocycles. The zero-order valence-electron chi connectivity index (χ0n) is 16.5. The lowest BCUT2D eigenvalue weighted by Gasteiger charge is -2.35. The number of hydrazine groups is 1. The molecular weight excluding hydrogens is 371 g/mol. The lowest BCUT2D eigenvalue weighted by molar-refractivity contribution is 0.0877. The Bertz CT molecular complexity index is 837. The third-order valence-electron chi connectivity index (χ3n) is 5.81. The molecule has 0 radical (unpaired) electrons. The van der Waals surface area contributed by atoms with Crippen LogP contribution in [0.4, 0.5) is 4.39 Å². The number of carbonyl (C=O) groups excluding carboxylic acids is 1. The van der Waals surface area contributed by atoms with Crippen molar-refractivity contribution in [3.8, 4) is 5.75 Å². The third-order valence-corrected chi connectivity index (χ3v) is 5.81. The van der Waals surface area contributed by atoms with Gasteiger partial charge in [0.05, 0.1) is 18.8 Å². The summed E-state index contributed by atoms with van der Waals surface area (Å²) < 4.78 is 18.4. The van der Waals surface area contributed by atoms with Crippen LogP contribution in [0, 0.1) is 5.82 Å². The molecule has 2 aromatic rings. The molecule has 2 aliphatic heterocycles. The minimum Gasteiger partial charge on any atom is -0.496 e. The van der Waals surface area contributed by atoms with Gasteiger partial charge in [-0.2, -0.15) is 0 Å². The van der Waals surface area contributed by atoms with Crippen molar-refractivity contribution in [2.45, 2.75) is 37.5 Å². The summed E-state index contributed by atoms with van der Waals surface area (Å²) in [5, 5.41) is 3.14. The maximum Gasteiger partial charge on any atom is 0.255 e. The summed E-state index contributed by atoms with van der Waals surface area (Å²) in [5.41, 5.74) is 8.34. The summed E-state index contributed by atoms with van der Waals surface area (Å²) in [7, 11) is 1.58. The van der Waals surface area contributed by atoms with Crippen LogP contribution in [0.5, 0.6) is 5.75 Å². The van der Waals surface area contributed by atoms with Crippen molar-refractivity contribution in [1.29, 1.82) is 0 Å². The fourth-order valence-corrected chi connectivity index (χ4v) is 4.14. The second-order valence-electron chi connectivity index (χ2n) is 7.63. The van der Waals surface area contributed by atoms with Gasteiger partial charge in [0.1, 0.15) is 11.6 Å². The van der Waals surface area contributed by atoms with Gasteiger partial charge in [0, 0.05) is 25.2 Å². The van der Waals surface area contributed by atoms with Crippen LogP contribution in [0.3, 0.4) is 0 Å². The van der Waals surface area contributed by atoms with Gasteiger partial charge < -0.3 is 10.1 Å². The Hall–Kier alpha value is -2.48. The van der Waals surface area contributed by atoms with E-state index in [1.54, 1.807) is 19.2 Å². The topological polar surface area (TPSA) is 65.6 Å². The van der Waals surface area contributed by atoms with Crippen LogP contribution >= 0.6 is 0 Å². The van der Waals surface area contributed by atoms with E-state index in [2.05, 4.69) is 21.1 Å². The van der Waals surface area contributed by atoms with E-state index < -0.39 is 0 Å². The second kappa shape index (κ2) is 8.90. The van der Waals surface area contributed by atoms with Gasteiger partial charge in [-0.15, -0.1) is 0 Å². The van der Waals surface area contributed by atoms with Crippen LogP contribution in [-0.4, -0.2) is 43.2 Å². The molecule has 0 spiro atoms. The van der Waals surface area contributed by atoms with Crippen LogP contribution in [-0.2, 0) is 0 Å². The molecule has 29 heavy (non-hydrogen) atoms. The first-order chi connectivity index (χ1) is 14.1. The number of ether oxygens (including phenoxy) is 1. The number of likely N-dealkylation sites (tertiary alicyclic amines) is 1. The fourth-order valence-electron chi connectivity index (χ4n) is 4.14. The Morgan fingerprint density at radius 2 is 1.83 bits per heavy atom. The molecule has 4 rings (SSSR count). The van der Waals surface area contributed by atoms with Gasteiger partial charge in [-0.1, -0.05) is 24.3 Å². The molecule has 2 heterocycles. The first-order valence-electron chi connectivity index (χ1n) is 10.1. The quantitative estimate of drug-likeness (QED) is 0.723. The summed E-state index contributed by atoms with van der Waals surface area (Å²) in [4.78, 5) is 15.0. The number of nitrogens with zero attached hydrogens (tertiary/aromatic N) is 1. The van der Waals surface area contributed by atoms with Gasteiger partial charge in [-0.3, -0.25) is 9.69 Å². The lowest BCUT2D eigenvalue weighted by atomic mass is 10.0. The number of halogens is 1. The number of hydrogen-bond acceptors (Lipinski definition) is 5. The minimum atomic E-state index is -0.214. The molecule has 7 heteroatoms. The highest BCUT2D eigenvalue weighted by atomic mass is 19.1. The molecule has 2 aliphatic rings. The van der Waals surface area contributed by atoms with Crippen molar-refractivity contribution in [1.82, 2.24) is 21.1 Å². The molecule has 2 saturated heterocycles. The summed E-state index contributed by atoms with van der Waals surface area (Å²) in [6.45, 7) is 1.82. The number of benzene rings is 2. The predicted molar refractivity (Wildman–Crippen MR) is 109 cm³/mol. The van der Waals surface area contributed by atoms with E-state index in [4.69, 9.17) is 4.74 Å². The van der Waals surface area contributed by atoms with E-state index in [1.807, 2.05) is 24.3 Å². The van der Waals surface area contributed by atoms with E-state index in [0.29, 0.717) is 11.3 Å². The molecule has 0 bridgehead atoms. The summed E-state index contributed by atoms with van der Waals surface area (Å²) in [6.07, 6.45) is 2.96. The van der Waals surface area contributed by atoms with Gasteiger partial charge in [0.25, 0.3) is 5.91 Å². The smallest absolute Gasteiger partial charge is 0.255 e. The van der Waals surface area contributed by atoms with Gasteiger partial charge in [0.15, 0.2) is 0 Å². The highest BCUT2D eigenvalue weighted by Crippen LogP contribution is 2.26.